The monoisotopic (exact) mass is 544 g/mol. The van der Waals surface area contributed by atoms with E-state index in [9.17, 15) is 9.59 Å². The molecule has 7 nitrogen and oxygen atoms in total. The molecule has 4 aromatic rings. The average Bonchev–Trinajstić information content (AvgIpc) is 3.31. The Balaban J connectivity index is 1.46. The molecule has 0 saturated heterocycles. The quantitative estimate of drug-likeness (QED) is 0.266. The second-order valence-corrected chi connectivity index (χ2v) is 10.5. The second kappa shape index (κ2) is 11.9. The van der Waals surface area contributed by atoms with Crippen LogP contribution in [0, 0.1) is 5.92 Å². The number of para-hydroxylation sites is 1. The van der Waals surface area contributed by atoms with Gasteiger partial charge in [0.2, 0.25) is 11.9 Å². The summed E-state index contributed by atoms with van der Waals surface area (Å²) in [6, 6.07) is 20.5. The molecule has 1 saturated carbocycles. The van der Waals surface area contributed by atoms with Gasteiger partial charge in [0, 0.05) is 35.8 Å². The van der Waals surface area contributed by atoms with Crippen molar-refractivity contribution in [3.63, 3.8) is 0 Å². The Hall–Kier alpha value is -3.84. The highest BCUT2D eigenvalue weighted by atomic mass is 35.5. The highest BCUT2D eigenvalue weighted by Crippen LogP contribution is 2.30. The summed E-state index contributed by atoms with van der Waals surface area (Å²) in [5.41, 5.74) is 3.93. The van der Waals surface area contributed by atoms with Crippen molar-refractivity contribution in [3.8, 4) is 5.75 Å². The van der Waals surface area contributed by atoms with Gasteiger partial charge in [0.15, 0.2) is 0 Å². The van der Waals surface area contributed by atoms with Crippen LogP contribution in [0.2, 0.25) is 5.02 Å². The van der Waals surface area contributed by atoms with E-state index in [-0.39, 0.29) is 17.7 Å². The van der Waals surface area contributed by atoms with Gasteiger partial charge in [0.25, 0.3) is 5.91 Å². The Bertz CT molecular complexity index is 1480. The zero-order valence-electron chi connectivity index (χ0n) is 22.3. The molecule has 1 fully saturated rings. The van der Waals surface area contributed by atoms with E-state index in [0.29, 0.717) is 35.0 Å². The lowest BCUT2D eigenvalue weighted by molar-refractivity contribution is -0.123. The molecule has 1 aliphatic rings. The maximum absolute atomic E-state index is 13.2. The number of hydrogen-bond acceptors (Lipinski definition) is 4. The number of aromatic nitrogens is 2. The summed E-state index contributed by atoms with van der Waals surface area (Å²) in [4.78, 5) is 32.8. The zero-order valence-corrected chi connectivity index (χ0v) is 23.1. The van der Waals surface area contributed by atoms with Gasteiger partial charge in [-0.05, 0) is 73.4 Å². The summed E-state index contributed by atoms with van der Waals surface area (Å²) in [5, 5.41) is 3.55. The van der Waals surface area contributed by atoms with E-state index in [2.05, 4.69) is 5.32 Å². The predicted octanol–water partition coefficient (Wildman–Crippen LogP) is 6.74. The molecule has 2 amide bonds. The SMILES string of the molecule is COc1ccccc1CCn1c(NC(=O)c2ccc(Cl)cc2)nc2cc(N(C)C(=O)C3CCCCC3)ccc21. The third-order valence-electron chi connectivity index (χ3n) is 7.53. The molecule has 5 rings (SSSR count). The summed E-state index contributed by atoms with van der Waals surface area (Å²) >= 11 is 6.01. The summed E-state index contributed by atoms with van der Waals surface area (Å²) in [7, 11) is 3.50. The predicted molar refractivity (Wildman–Crippen MR) is 156 cm³/mol. The number of carbonyl (C=O) groups is 2. The zero-order chi connectivity index (χ0) is 27.4. The van der Waals surface area contributed by atoms with Crippen LogP contribution in [0.5, 0.6) is 5.75 Å². The number of nitrogens with one attached hydrogen (secondary N) is 1. The Kier molecular flexibility index (Phi) is 8.17. The van der Waals surface area contributed by atoms with Crippen LogP contribution in [0.4, 0.5) is 11.6 Å². The first-order valence-corrected chi connectivity index (χ1v) is 13.8. The minimum Gasteiger partial charge on any atom is -0.496 e. The maximum Gasteiger partial charge on any atom is 0.257 e. The molecule has 8 heteroatoms. The normalized spacial score (nSPS) is 13.8. The lowest BCUT2D eigenvalue weighted by Gasteiger charge is -2.26. The van der Waals surface area contributed by atoms with E-state index in [4.69, 9.17) is 21.3 Å². The first kappa shape index (κ1) is 26.8. The molecule has 1 heterocycles. The third kappa shape index (κ3) is 5.93. The first-order valence-electron chi connectivity index (χ1n) is 13.4. The standard InChI is InChI=1S/C31H33ClN4O3/c1-35(30(38)23-9-4-3-5-10-23)25-16-17-27-26(20-25)33-31(34-29(37)22-12-14-24(32)15-13-22)36(27)19-18-21-8-6-7-11-28(21)39-2/h6-8,11-17,20,23H,3-5,9-10,18-19H2,1-2H3,(H,33,34,37). The van der Waals surface area contributed by atoms with Gasteiger partial charge in [-0.3, -0.25) is 14.9 Å². The molecular weight excluding hydrogens is 512 g/mol. The van der Waals surface area contributed by atoms with Crippen LogP contribution >= 0.6 is 11.6 Å². The molecule has 0 unspecified atom stereocenters. The van der Waals surface area contributed by atoms with E-state index in [1.54, 1.807) is 36.3 Å². The molecule has 1 aromatic heterocycles. The summed E-state index contributed by atoms with van der Waals surface area (Å²) in [5.74, 6) is 1.22. The van der Waals surface area contributed by atoms with Crippen LogP contribution in [0.3, 0.4) is 0 Å². The number of hydrogen-bond donors (Lipinski definition) is 1. The summed E-state index contributed by atoms with van der Waals surface area (Å²) in [6.45, 7) is 0.573. The van der Waals surface area contributed by atoms with E-state index in [0.717, 1.165) is 48.2 Å². The van der Waals surface area contributed by atoms with Crippen LogP contribution in [0.25, 0.3) is 11.0 Å². The van der Waals surface area contributed by atoms with Gasteiger partial charge in [0.1, 0.15) is 5.75 Å². The number of halogens is 1. The minimum atomic E-state index is -0.273. The number of carbonyl (C=O) groups excluding carboxylic acids is 2. The van der Waals surface area contributed by atoms with Crippen molar-refractivity contribution in [2.75, 3.05) is 24.4 Å². The van der Waals surface area contributed by atoms with E-state index in [1.165, 1.54) is 6.42 Å². The number of amides is 2. The van der Waals surface area contributed by atoms with Crippen LogP contribution in [0.15, 0.2) is 66.7 Å². The largest absolute Gasteiger partial charge is 0.496 e. The van der Waals surface area contributed by atoms with Crippen LogP contribution in [-0.4, -0.2) is 35.5 Å². The Morgan fingerprint density at radius 2 is 1.79 bits per heavy atom. The second-order valence-electron chi connectivity index (χ2n) is 10.0. The van der Waals surface area contributed by atoms with Crippen LogP contribution in [0.1, 0.15) is 48.0 Å². The fourth-order valence-electron chi connectivity index (χ4n) is 5.32. The number of aryl methyl sites for hydroxylation is 2. The lowest BCUT2D eigenvalue weighted by Crippen LogP contribution is -2.33. The molecule has 202 valence electrons. The molecule has 3 aromatic carbocycles. The fourth-order valence-corrected chi connectivity index (χ4v) is 5.44. The Morgan fingerprint density at radius 3 is 2.54 bits per heavy atom. The van der Waals surface area contributed by atoms with Crippen molar-refractivity contribution < 1.29 is 14.3 Å². The Morgan fingerprint density at radius 1 is 1.05 bits per heavy atom. The van der Waals surface area contributed by atoms with Gasteiger partial charge >= 0.3 is 0 Å². The molecular formula is C31H33ClN4O3. The van der Waals surface area contributed by atoms with Gasteiger partial charge in [-0.2, -0.15) is 0 Å². The molecule has 0 radical (unpaired) electrons. The molecule has 1 aliphatic carbocycles. The highest BCUT2D eigenvalue weighted by molar-refractivity contribution is 6.30. The number of nitrogens with zero attached hydrogens (tertiary/aromatic N) is 3. The van der Waals surface area contributed by atoms with Crippen molar-refractivity contribution >= 4 is 46.1 Å². The van der Waals surface area contributed by atoms with Crippen molar-refractivity contribution in [2.45, 2.75) is 45.1 Å². The fraction of sp³-hybridized carbons (Fsp3) is 0.323. The highest BCUT2D eigenvalue weighted by Gasteiger charge is 2.25. The first-order chi connectivity index (χ1) is 18.9. The van der Waals surface area contributed by atoms with Gasteiger partial charge in [0.05, 0.1) is 18.1 Å². The number of imidazole rings is 1. The van der Waals surface area contributed by atoms with Crippen molar-refractivity contribution in [2.24, 2.45) is 5.92 Å². The molecule has 0 spiro atoms. The minimum absolute atomic E-state index is 0.0760. The van der Waals surface area contributed by atoms with E-state index < -0.39 is 0 Å². The number of methoxy groups -OCH3 is 1. The average molecular weight is 545 g/mol. The van der Waals surface area contributed by atoms with Gasteiger partial charge in [-0.1, -0.05) is 49.1 Å². The summed E-state index contributed by atoms with van der Waals surface area (Å²) < 4.78 is 7.54. The smallest absolute Gasteiger partial charge is 0.257 e. The number of fused-ring (bicyclic) bond motifs is 1. The lowest BCUT2D eigenvalue weighted by atomic mass is 9.88. The number of ether oxygens (including phenoxy) is 1. The van der Waals surface area contributed by atoms with Crippen molar-refractivity contribution in [3.05, 3.63) is 82.9 Å². The topological polar surface area (TPSA) is 76.5 Å². The van der Waals surface area contributed by atoms with E-state index >= 15 is 0 Å². The maximum atomic E-state index is 13.2. The summed E-state index contributed by atoms with van der Waals surface area (Å²) in [6.07, 6.45) is 6.00. The number of benzene rings is 3. The van der Waals surface area contributed by atoms with Gasteiger partial charge < -0.3 is 14.2 Å². The molecule has 1 N–H and O–H groups in total. The molecule has 39 heavy (non-hydrogen) atoms. The van der Waals surface area contributed by atoms with Crippen molar-refractivity contribution in [1.29, 1.82) is 0 Å². The van der Waals surface area contributed by atoms with Crippen molar-refractivity contribution in [1.82, 2.24) is 9.55 Å². The Labute approximate surface area is 233 Å². The van der Waals surface area contributed by atoms with Crippen LogP contribution < -0.4 is 15.0 Å². The molecule has 0 bridgehead atoms. The van der Waals surface area contributed by atoms with E-state index in [1.807, 2.05) is 54.1 Å². The van der Waals surface area contributed by atoms with Gasteiger partial charge in [-0.25, -0.2) is 4.98 Å². The molecule has 0 aliphatic heterocycles. The van der Waals surface area contributed by atoms with Gasteiger partial charge in [-0.15, -0.1) is 0 Å². The third-order valence-corrected chi connectivity index (χ3v) is 7.79. The number of anilines is 2. The number of rotatable bonds is 8. The molecule has 0 atom stereocenters. The van der Waals surface area contributed by atoms with Crippen LogP contribution in [-0.2, 0) is 17.8 Å².